The number of carbonyl (C=O) groups excluding carboxylic acids is 1. The molecule has 2 aromatic rings. The fourth-order valence-electron chi connectivity index (χ4n) is 3.54. The van der Waals surface area contributed by atoms with E-state index >= 15 is 0 Å². The first-order chi connectivity index (χ1) is 14.2. The Kier molecular flexibility index (Phi) is 5.42. The van der Waals surface area contributed by atoms with E-state index in [9.17, 15) is 4.79 Å². The van der Waals surface area contributed by atoms with Crippen molar-refractivity contribution >= 4 is 11.9 Å². The number of benzene rings is 2. The van der Waals surface area contributed by atoms with Crippen LogP contribution in [0.3, 0.4) is 0 Å². The standard InChI is InChI=1S/C22H23NO6/c1-25-10-9-23-12-16-17(28-13-23)8-7-15-20(24)19(29-22(15)16)11-14-5-4-6-18(26-2)21(14)27-3/h4-8,11H,9-10,12-13H2,1-3H3/b19-11-. The largest absolute Gasteiger partial charge is 0.493 e. The summed E-state index contributed by atoms with van der Waals surface area (Å²) in [6, 6.07) is 9.07. The van der Waals surface area contributed by atoms with Gasteiger partial charge in [-0.3, -0.25) is 9.69 Å². The molecule has 0 radical (unpaired) electrons. The normalized spacial score (nSPS) is 16.8. The molecule has 0 aliphatic carbocycles. The Balaban J connectivity index is 1.67. The van der Waals surface area contributed by atoms with E-state index < -0.39 is 0 Å². The Labute approximate surface area is 169 Å². The molecular weight excluding hydrogens is 374 g/mol. The highest BCUT2D eigenvalue weighted by Crippen LogP contribution is 2.42. The summed E-state index contributed by atoms with van der Waals surface area (Å²) in [7, 11) is 4.81. The fourth-order valence-corrected chi connectivity index (χ4v) is 3.54. The summed E-state index contributed by atoms with van der Waals surface area (Å²) in [5.41, 5.74) is 2.11. The third kappa shape index (κ3) is 3.54. The Morgan fingerprint density at radius 2 is 2.00 bits per heavy atom. The number of hydrogen-bond donors (Lipinski definition) is 0. The Bertz CT molecular complexity index is 968. The van der Waals surface area contributed by atoms with E-state index in [-0.39, 0.29) is 11.5 Å². The minimum atomic E-state index is -0.165. The molecule has 152 valence electrons. The second-order valence-electron chi connectivity index (χ2n) is 6.76. The molecule has 0 saturated carbocycles. The van der Waals surface area contributed by atoms with Gasteiger partial charge in [0.2, 0.25) is 5.78 Å². The van der Waals surface area contributed by atoms with Gasteiger partial charge in [0.1, 0.15) is 18.2 Å². The highest BCUT2D eigenvalue weighted by molar-refractivity contribution is 6.15. The van der Waals surface area contributed by atoms with Crippen LogP contribution in [0.2, 0.25) is 0 Å². The minimum Gasteiger partial charge on any atom is -0.493 e. The minimum absolute atomic E-state index is 0.165. The van der Waals surface area contributed by atoms with Crippen LogP contribution < -0.4 is 18.9 Å². The lowest BCUT2D eigenvalue weighted by molar-refractivity contribution is 0.0646. The van der Waals surface area contributed by atoms with Gasteiger partial charge in [-0.15, -0.1) is 0 Å². The van der Waals surface area contributed by atoms with Crippen molar-refractivity contribution in [3.8, 4) is 23.0 Å². The summed E-state index contributed by atoms with van der Waals surface area (Å²) in [4.78, 5) is 15.1. The van der Waals surface area contributed by atoms with Crippen LogP contribution in [0.15, 0.2) is 36.1 Å². The van der Waals surface area contributed by atoms with Crippen LogP contribution in [0.25, 0.3) is 6.08 Å². The zero-order valence-corrected chi connectivity index (χ0v) is 16.7. The lowest BCUT2D eigenvalue weighted by Gasteiger charge is -2.29. The average Bonchev–Trinajstić information content (AvgIpc) is 3.07. The summed E-state index contributed by atoms with van der Waals surface area (Å²) in [6.07, 6.45) is 1.68. The van der Waals surface area contributed by atoms with Gasteiger partial charge in [0, 0.05) is 25.8 Å². The van der Waals surface area contributed by atoms with Crippen LogP contribution in [0.4, 0.5) is 0 Å². The number of ether oxygens (including phenoxy) is 5. The first-order valence-electron chi connectivity index (χ1n) is 9.31. The van der Waals surface area contributed by atoms with Gasteiger partial charge in [0.25, 0.3) is 0 Å². The topological polar surface area (TPSA) is 66.5 Å². The van der Waals surface area contributed by atoms with Crippen LogP contribution in [-0.2, 0) is 11.3 Å². The molecule has 0 amide bonds. The maximum atomic E-state index is 13.0. The van der Waals surface area contributed by atoms with Gasteiger partial charge in [-0.05, 0) is 24.3 Å². The number of Topliss-reactive ketones (excluding diaryl/α,β-unsaturated/α-hetero) is 1. The van der Waals surface area contributed by atoms with E-state index in [1.807, 2.05) is 18.2 Å². The van der Waals surface area contributed by atoms with Crippen molar-refractivity contribution in [3.05, 3.63) is 52.8 Å². The zero-order valence-electron chi connectivity index (χ0n) is 16.7. The van der Waals surface area contributed by atoms with Crippen LogP contribution >= 0.6 is 0 Å². The number of nitrogens with zero attached hydrogens (tertiary/aromatic N) is 1. The van der Waals surface area contributed by atoms with Gasteiger partial charge in [0.15, 0.2) is 17.3 Å². The predicted molar refractivity (Wildman–Crippen MR) is 107 cm³/mol. The number of rotatable bonds is 6. The summed E-state index contributed by atoms with van der Waals surface area (Å²) in [5, 5.41) is 0. The maximum Gasteiger partial charge on any atom is 0.231 e. The second kappa shape index (κ2) is 8.14. The molecule has 2 aliphatic heterocycles. The number of hydrogen-bond acceptors (Lipinski definition) is 7. The van der Waals surface area contributed by atoms with Crippen LogP contribution in [0.5, 0.6) is 23.0 Å². The summed E-state index contributed by atoms with van der Waals surface area (Å²) >= 11 is 0. The third-order valence-corrected chi connectivity index (χ3v) is 5.01. The molecule has 0 atom stereocenters. The van der Waals surface area contributed by atoms with Crippen LogP contribution in [0, 0.1) is 0 Å². The van der Waals surface area contributed by atoms with Crippen LogP contribution in [-0.4, -0.2) is 51.9 Å². The number of methoxy groups -OCH3 is 3. The smallest absolute Gasteiger partial charge is 0.231 e. The molecule has 4 rings (SSSR count). The van der Waals surface area contributed by atoms with Gasteiger partial charge in [-0.25, -0.2) is 0 Å². The SMILES string of the molecule is COCCN1COc2ccc3c(c2C1)O/C(=C\c1cccc(OC)c1OC)C3=O. The second-order valence-corrected chi connectivity index (χ2v) is 6.76. The summed E-state index contributed by atoms with van der Waals surface area (Å²) in [6.45, 7) is 2.45. The van der Waals surface area contributed by atoms with Crippen molar-refractivity contribution in [1.29, 1.82) is 0 Å². The van der Waals surface area contributed by atoms with Gasteiger partial charge in [-0.1, -0.05) is 12.1 Å². The molecule has 0 saturated heterocycles. The van der Waals surface area contributed by atoms with Crippen LogP contribution in [0.1, 0.15) is 21.5 Å². The Hall–Kier alpha value is -3.03. The molecular formula is C22H23NO6. The van der Waals surface area contributed by atoms with Crippen molar-refractivity contribution in [2.45, 2.75) is 6.54 Å². The average molecular weight is 397 g/mol. The molecule has 0 aromatic heterocycles. The Morgan fingerprint density at radius 3 is 2.76 bits per heavy atom. The summed E-state index contributed by atoms with van der Waals surface area (Å²) in [5.74, 6) is 2.51. The van der Waals surface area contributed by atoms with Crippen molar-refractivity contribution in [2.75, 3.05) is 41.2 Å². The zero-order chi connectivity index (χ0) is 20.4. The molecule has 0 bridgehead atoms. The van der Waals surface area contributed by atoms with Gasteiger partial charge < -0.3 is 23.7 Å². The lowest BCUT2D eigenvalue weighted by atomic mass is 10.0. The van der Waals surface area contributed by atoms with Crippen molar-refractivity contribution in [3.63, 3.8) is 0 Å². The molecule has 29 heavy (non-hydrogen) atoms. The van der Waals surface area contributed by atoms with Crippen molar-refractivity contribution in [2.24, 2.45) is 0 Å². The van der Waals surface area contributed by atoms with E-state index in [4.69, 9.17) is 23.7 Å². The lowest BCUT2D eigenvalue weighted by Crippen LogP contribution is -2.34. The predicted octanol–water partition coefficient (Wildman–Crippen LogP) is 3.12. The molecule has 2 aliphatic rings. The molecule has 2 aromatic carbocycles. The van der Waals surface area contributed by atoms with Gasteiger partial charge in [-0.2, -0.15) is 0 Å². The number of fused-ring (bicyclic) bond motifs is 3. The quantitative estimate of drug-likeness (QED) is 0.694. The number of para-hydroxylation sites is 1. The van der Waals surface area contributed by atoms with E-state index in [0.717, 1.165) is 17.9 Å². The first kappa shape index (κ1) is 19.3. The highest BCUT2D eigenvalue weighted by atomic mass is 16.5. The molecule has 0 N–H and O–H groups in total. The monoisotopic (exact) mass is 397 g/mol. The van der Waals surface area contributed by atoms with Crippen molar-refractivity contribution < 1.29 is 28.5 Å². The number of allylic oxidation sites excluding steroid dienone is 1. The number of ketones is 1. The summed E-state index contributed by atoms with van der Waals surface area (Å²) < 4.78 is 27.8. The third-order valence-electron chi connectivity index (χ3n) is 5.01. The van der Waals surface area contributed by atoms with Gasteiger partial charge in [0.05, 0.1) is 32.0 Å². The molecule has 7 nitrogen and oxygen atoms in total. The molecule has 0 fully saturated rings. The van der Waals surface area contributed by atoms with Gasteiger partial charge >= 0.3 is 0 Å². The highest BCUT2D eigenvalue weighted by Gasteiger charge is 2.33. The van der Waals surface area contributed by atoms with E-state index in [1.165, 1.54) is 0 Å². The van der Waals surface area contributed by atoms with E-state index in [0.29, 0.717) is 48.3 Å². The maximum absolute atomic E-state index is 13.0. The van der Waals surface area contributed by atoms with E-state index in [1.54, 1.807) is 39.5 Å². The number of carbonyl (C=O) groups is 1. The Morgan fingerprint density at radius 1 is 1.14 bits per heavy atom. The molecule has 0 unspecified atom stereocenters. The molecule has 2 heterocycles. The first-order valence-corrected chi connectivity index (χ1v) is 9.31. The fraction of sp³-hybridized carbons (Fsp3) is 0.318. The molecule has 7 heteroatoms. The van der Waals surface area contributed by atoms with Crippen molar-refractivity contribution in [1.82, 2.24) is 4.90 Å². The van der Waals surface area contributed by atoms with E-state index in [2.05, 4.69) is 4.90 Å². The molecule has 0 spiro atoms.